The molecule has 1 aromatic heterocycles. The molecule has 0 saturated heterocycles. The van der Waals surface area contributed by atoms with E-state index < -0.39 is 0 Å². The number of aryl methyl sites for hydroxylation is 2. The molecule has 0 aliphatic rings. The van der Waals surface area contributed by atoms with Crippen LogP contribution in [0.1, 0.15) is 61.5 Å². The first-order valence-corrected chi connectivity index (χ1v) is 9.31. The number of aromatic nitrogens is 1. The fourth-order valence-electron chi connectivity index (χ4n) is 3.48. The lowest BCUT2D eigenvalue weighted by Crippen LogP contribution is -2.30. The molecule has 2 aromatic rings. The van der Waals surface area contributed by atoms with Crippen LogP contribution in [0.3, 0.4) is 0 Å². The Bertz CT molecular complexity index is 704. The second-order valence-electron chi connectivity index (χ2n) is 6.81. The summed E-state index contributed by atoms with van der Waals surface area (Å²) in [6.45, 7) is 15.1. The van der Waals surface area contributed by atoms with Crippen LogP contribution in [0, 0.1) is 32.5 Å². The van der Waals surface area contributed by atoms with E-state index in [9.17, 15) is 4.39 Å². The minimum atomic E-state index is -0.142. The Morgan fingerprint density at radius 2 is 1.87 bits per heavy atom. The van der Waals surface area contributed by atoms with Gasteiger partial charge in [-0.2, -0.15) is 0 Å². The van der Waals surface area contributed by atoms with Gasteiger partial charge in [0.05, 0.1) is 10.7 Å². The lowest BCUT2D eigenvalue weighted by molar-refractivity contribution is 0.295. The molecule has 0 bridgehead atoms. The van der Waals surface area contributed by atoms with Crippen molar-refractivity contribution < 1.29 is 4.39 Å². The Hall–Kier alpha value is -1.22. The molecular weight excluding hydrogens is 305 g/mol. The molecule has 2 unspecified atom stereocenters. The fraction of sp³-hybridized carbons (Fsp3) is 0.550. The van der Waals surface area contributed by atoms with Gasteiger partial charge in [-0.05, 0) is 55.7 Å². The Kier molecular flexibility index (Phi) is 5.30. The summed E-state index contributed by atoms with van der Waals surface area (Å²) in [6.07, 6.45) is 2.14. The summed E-state index contributed by atoms with van der Waals surface area (Å²) in [6, 6.07) is 3.61. The highest BCUT2D eigenvalue weighted by atomic mass is 32.1. The number of halogens is 1. The van der Waals surface area contributed by atoms with E-state index >= 15 is 0 Å². The Balaban J connectivity index is 2.80. The molecule has 1 aromatic carbocycles. The standard InChI is InChI=1S/C20H28FNS/c1-8-12(3)20(7,9-2)16-10-11-17(21)13(4)18(16)19-14(5)23-15(6)22-19/h10-12H,8-9H2,1-7H3. The molecule has 23 heavy (non-hydrogen) atoms. The van der Waals surface area contributed by atoms with Gasteiger partial charge in [0.15, 0.2) is 0 Å². The number of hydrogen-bond donors (Lipinski definition) is 0. The normalized spacial score (nSPS) is 15.5. The Morgan fingerprint density at radius 3 is 2.35 bits per heavy atom. The molecule has 0 N–H and O–H groups in total. The van der Waals surface area contributed by atoms with Crippen LogP contribution in [0.15, 0.2) is 12.1 Å². The quantitative estimate of drug-likeness (QED) is 0.601. The summed E-state index contributed by atoms with van der Waals surface area (Å²) in [5.74, 6) is 0.382. The van der Waals surface area contributed by atoms with Gasteiger partial charge in [0.25, 0.3) is 0 Å². The second kappa shape index (κ2) is 6.72. The van der Waals surface area contributed by atoms with Crippen molar-refractivity contribution in [3.63, 3.8) is 0 Å². The molecule has 1 nitrogen and oxygen atoms in total. The average Bonchev–Trinajstić information content (AvgIpc) is 2.86. The van der Waals surface area contributed by atoms with E-state index in [2.05, 4.69) is 34.6 Å². The van der Waals surface area contributed by atoms with Gasteiger partial charge in [0, 0.05) is 10.4 Å². The minimum Gasteiger partial charge on any atom is -0.241 e. The SMILES string of the molecule is CCC(C)C(C)(CC)c1ccc(F)c(C)c1-c1nc(C)sc1C. The van der Waals surface area contributed by atoms with Crippen molar-refractivity contribution in [3.8, 4) is 11.3 Å². The molecule has 0 aliphatic heterocycles. The van der Waals surface area contributed by atoms with Crippen LogP contribution >= 0.6 is 11.3 Å². The number of nitrogens with zero attached hydrogens (tertiary/aromatic N) is 1. The summed E-state index contributed by atoms with van der Waals surface area (Å²) in [7, 11) is 0. The summed E-state index contributed by atoms with van der Waals surface area (Å²) >= 11 is 1.69. The van der Waals surface area contributed by atoms with Gasteiger partial charge in [-0.1, -0.05) is 40.2 Å². The third-order valence-electron chi connectivity index (χ3n) is 5.59. The zero-order valence-corrected chi connectivity index (χ0v) is 16.2. The summed E-state index contributed by atoms with van der Waals surface area (Å²) in [4.78, 5) is 5.89. The molecule has 2 rings (SSSR count). The third-order valence-corrected chi connectivity index (χ3v) is 6.48. The summed E-state index contributed by atoms with van der Waals surface area (Å²) < 4.78 is 14.3. The van der Waals surface area contributed by atoms with E-state index in [1.54, 1.807) is 17.4 Å². The maximum absolute atomic E-state index is 14.3. The van der Waals surface area contributed by atoms with Gasteiger partial charge in [0.2, 0.25) is 0 Å². The summed E-state index contributed by atoms with van der Waals surface area (Å²) in [5, 5.41) is 1.04. The van der Waals surface area contributed by atoms with E-state index in [4.69, 9.17) is 4.98 Å². The van der Waals surface area contributed by atoms with Crippen molar-refractivity contribution >= 4 is 11.3 Å². The zero-order valence-electron chi connectivity index (χ0n) is 15.4. The topological polar surface area (TPSA) is 12.9 Å². The highest BCUT2D eigenvalue weighted by Gasteiger charge is 2.34. The van der Waals surface area contributed by atoms with E-state index in [1.807, 2.05) is 19.9 Å². The Morgan fingerprint density at radius 1 is 1.22 bits per heavy atom. The molecule has 3 heteroatoms. The first-order chi connectivity index (χ1) is 10.8. The first kappa shape index (κ1) is 18.1. The van der Waals surface area contributed by atoms with Crippen molar-refractivity contribution in [2.24, 2.45) is 5.92 Å². The van der Waals surface area contributed by atoms with Gasteiger partial charge >= 0.3 is 0 Å². The Labute approximate surface area is 144 Å². The monoisotopic (exact) mass is 333 g/mol. The van der Waals surface area contributed by atoms with E-state index in [1.165, 1.54) is 10.4 Å². The predicted molar refractivity (Wildman–Crippen MR) is 98.8 cm³/mol. The van der Waals surface area contributed by atoms with Crippen LogP contribution in [0.5, 0.6) is 0 Å². The molecule has 0 saturated carbocycles. The second-order valence-corrected chi connectivity index (χ2v) is 8.22. The fourth-order valence-corrected chi connectivity index (χ4v) is 4.31. The van der Waals surface area contributed by atoms with Gasteiger partial charge < -0.3 is 0 Å². The van der Waals surface area contributed by atoms with Gasteiger partial charge in [0.1, 0.15) is 5.82 Å². The van der Waals surface area contributed by atoms with Crippen LogP contribution in [0.4, 0.5) is 4.39 Å². The zero-order chi connectivity index (χ0) is 17.4. The van der Waals surface area contributed by atoms with Crippen molar-refractivity contribution in [2.45, 2.75) is 66.7 Å². The highest BCUT2D eigenvalue weighted by Crippen LogP contribution is 2.44. The number of benzene rings is 1. The van der Waals surface area contributed by atoms with Crippen LogP contribution in [0.25, 0.3) is 11.3 Å². The molecule has 2 atom stereocenters. The van der Waals surface area contributed by atoms with E-state index in [-0.39, 0.29) is 11.2 Å². The molecule has 1 heterocycles. The smallest absolute Gasteiger partial charge is 0.126 e. The van der Waals surface area contributed by atoms with Gasteiger partial charge in [-0.3, -0.25) is 0 Å². The third kappa shape index (κ3) is 3.08. The molecule has 0 amide bonds. The highest BCUT2D eigenvalue weighted by molar-refractivity contribution is 7.11. The number of hydrogen-bond acceptors (Lipinski definition) is 2. The summed E-state index contributed by atoms with van der Waals surface area (Å²) in [5.41, 5.74) is 3.95. The maximum Gasteiger partial charge on any atom is 0.126 e. The first-order valence-electron chi connectivity index (χ1n) is 8.50. The van der Waals surface area contributed by atoms with Gasteiger partial charge in [-0.15, -0.1) is 11.3 Å². The van der Waals surface area contributed by atoms with Crippen molar-refractivity contribution in [1.29, 1.82) is 0 Å². The van der Waals surface area contributed by atoms with Crippen molar-refractivity contribution in [1.82, 2.24) is 4.98 Å². The molecule has 126 valence electrons. The lowest BCUT2D eigenvalue weighted by Gasteiger charge is -2.37. The van der Waals surface area contributed by atoms with Gasteiger partial charge in [-0.25, -0.2) is 9.37 Å². The molecule has 0 radical (unpaired) electrons. The van der Waals surface area contributed by atoms with Crippen LogP contribution in [-0.4, -0.2) is 4.98 Å². The molecule has 0 aliphatic carbocycles. The van der Waals surface area contributed by atoms with E-state index in [0.717, 1.165) is 34.7 Å². The lowest BCUT2D eigenvalue weighted by atomic mass is 9.67. The van der Waals surface area contributed by atoms with Crippen molar-refractivity contribution in [3.05, 3.63) is 39.0 Å². The molecular formula is C20H28FNS. The minimum absolute atomic E-state index is 0.0203. The molecule has 0 fully saturated rings. The van der Waals surface area contributed by atoms with E-state index in [0.29, 0.717) is 5.92 Å². The largest absolute Gasteiger partial charge is 0.241 e. The van der Waals surface area contributed by atoms with Crippen LogP contribution in [0.2, 0.25) is 0 Å². The predicted octanol–water partition coefficient (Wildman–Crippen LogP) is 6.59. The average molecular weight is 334 g/mol. The van der Waals surface area contributed by atoms with Crippen LogP contribution < -0.4 is 0 Å². The maximum atomic E-state index is 14.3. The van der Waals surface area contributed by atoms with Crippen LogP contribution in [-0.2, 0) is 5.41 Å². The number of thiazole rings is 1. The molecule has 0 spiro atoms. The number of rotatable bonds is 5. The van der Waals surface area contributed by atoms with Crippen molar-refractivity contribution in [2.75, 3.05) is 0 Å².